The first kappa shape index (κ1) is 24.7. The predicted octanol–water partition coefficient (Wildman–Crippen LogP) is 3.99. The van der Waals surface area contributed by atoms with Crippen molar-refractivity contribution in [3.8, 4) is 0 Å². The largest absolute Gasteiger partial charge is 0.479 e. The fourth-order valence-corrected chi connectivity index (χ4v) is 2.30. The Morgan fingerprint density at radius 1 is 0.885 bits per heavy atom. The molecule has 0 rings (SSSR count). The molecule has 0 bridgehead atoms. The molecule has 0 spiro atoms. The van der Waals surface area contributed by atoms with Crippen LogP contribution in [0.1, 0.15) is 19.3 Å². The summed E-state index contributed by atoms with van der Waals surface area (Å²) in [5.74, 6) is -21.9. The van der Waals surface area contributed by atoms with Crippen LogP contribution in [0, 0.1) is 0 Å². The Bertz CT molecular complexity index is 494. The van der Waals surface area contributed by atoms with Crippen molar-refractivity contribution in [3.63, 3.8) is 0 Å². The summed E-state index contributed by atoms with van der Waals surface area (Å²) in [4.78, 5) is 21.1. The summed E-state index contributed by atoms with van der Waals surface area (Å²) in [6.07, 6.45) is -9.94. The molecule has 0 heterocycles. The van der Waals surface area contributed by atoms with E-state index in [1.54, 1.807) is 0 Å². The number of esters is 1. The molecule has 0 atom stereocenters. The zero-order valence-electron chi connectivity index (χ0n) is 12.7. The van der Waals surface area contributed by atoms with Gasteiger partial charge < -0.3 is 9.84 Å². The van der Waals surface area contributed by atoms with E-state index in [1.807, 2.05) is 0 Å². The molecule has 0 amide bonds. The lowest BCUT2D eigenvalue weighted by atomic mass is 10.00. The van der Waals surface area contributed by atoms with Gasteiger partial charge in [0, 0.05) is 12.2 Å². The van der Waals surface area contributed by atoms with E-state index in [4.69, 9.17) is 5.11 Å². The van der Waals surface area contributed by atoms with Crippen LogP contribution >= 0.6 is 11.8 Å². The maximum Gasteiger partial charge on any atom is 0.460 e. The summed E-state index contributed by atoms with van der Waals surface area (Å²) in [6, 6.07) is 0. The minimum Gasteiger partial charge on any atom is -0.479 e. The van der Waals surface area contributed by atoms with E-state index in [1.165, 1.54) is 0 Å². The molecule has 1 N–H and O–H groups in total. The van der Waals surface area contributed by atoms with E-state index in [2.05, 4.69) is 4.74 Å². The molecule has 0 radical (unpaired) electrons. The normalized spacial score (nSPS) is 13.6. The van der Waals surface area contributed by atoms with Crippen LogP contribution < -0.4 is 0 Å². The van der Waals surface area contributed by atoms with Crippen LogP contribution in [0.2, 0.25) is 0 Å². The average Bonchev–Trinajstić information content (AvgIpc) is 2.47. The third-order valence-corrected chi connectivity index (χ3v) is 3.87. The van der Waals surface area contributed by atoms with Gasteiger partial charge in [-0.2, -0.15) is 51.3 Å². The number of aliphatic carboxylic acids is 1. The summed E-state index contributed by atoms with van der Waals surface area (Å²) in [5.41, 5.74) is 0. The van der Waals surface area contributed by atoms with Crippen molar-refractivity contribution in [2.24, 2.45) is 0 Å². The number of halogens is 9. The summed E-state index contributed by atoms with van der Waals surface area (Å²) in [7, 11) is 0. The summed E-state index contributed by atoms with van der Waals surface area (Å²) >= 11 is 0.744. The maximum atomic E-state index is 13.2. The third-order valence-electron chi connectivity index (χ3n) is 2.80. The molecule has 0 aliphatic carbocycles. The highest BCUT2D eigenvalue weighted by Gasteiger charge is 2.81. The number of thioether (sulfide) groups is 1. The zero-order valence-corrected chi connectivity index (χ0v) is 13.5. The van der Waals surface area contributed by atoms with Crippen molar-refractivity contribution in [2.45, 2.75) is 43.2 Å². The van der Waals surface area contributed by atoms with Gasteiger partial charge in [0.2, 0.25) is 0 Å². The number of hydrogen-bond donors (Lipinski definition) is 1. The standard InChI is InChI=1S/C12H13F9O4S/c13-9(14,10(15,16)11(17,18)12(19,20)21)3-1-4-26-5-2-8(24)25-6-7(22)23/h1-6H2,(H,22,23). The topological polar surface area (TPSA) is 63.6 Å². The molecule has 14 heteroatoms. The van der Waals surface area contributed by atoms with Crippen LogP contribution in [-0.4, -0.2) is 59.1 Å². The van der Waals surface area contributed by atoms with Crippen molar-refractivity contribution in [2.75, 3.05) is 18.1 Å². The molecule has 0 fully saturated rings. The summed E-state index contributed by atoms with van der Waals surface area (Å²) in [6.45, 7) is -0.891. The highest BCUT2D eigenvalue weighted by Crippen LogP contribution is 2.54. The highest BCUT2D eigenvalue weighted by molar-refractivity contribution is 7.99. The minimum absolute atomic E-state index is 0.0842. The van der Waals surface area contributed by atoms with E-state index < -0.39 is 55.3 Å². The first-order valence-electron chi connectivity index (χ1n) is 6.71. The van der Waals surface area contributed by atoms with Crippen LogP contribution in [-0.2, 0) is 14.3 Å². The molecule has 0 aromatic carbocycles. The Hall–Kier alpha value is -1.34. The van der Waals surface area contributed by atoms with E-state index in [0.29, 0.717) is 0 Å². The fourth-order valence-electron chi connectivity index (χ4n) is 1.43. The molecule has 4 nitrogen and oxygen atoms in total. The Kier molecular flexibility index (Phi) is 8.57. The number of rotatable bonds is 11. The molecule has 0 aromatic heterocycles. The van der Waals surface area contributed by atoms with Gasteiger partial charge in [0.1, 0.15) is 0 Å². The second kappa shape index (κ2) is 9.04. The number of ether oxygens (including phenoxy) is 1. The van der Waals surface area contributed by atoms with E-state index in [0.717, 1.165) is 11.8 Å². The number of carboxylic acids is 1. The van der Waals surface area contributed by atoms with Crippen molar-refractivity contribution < 1.29 is 58.9 Å². The van der Waals surface area contributed by atoms with Gasteiger partial charge in [-0.15, -0.1) is 0 Å². The third kappa shape index (κ3) is 6.43. The molecule has 0 aromatic rings. The van der Waals surface area contributed by atoms with Gasteiger partial charge in [-0.25, -0.2) is 4.79 Å². The quantitative estimate of drug-likeness (QED) is 0.309. The average molecular weight is 424 g/mol. The Morgan fingerprint density at radius 3 is 1.88 bits per heavy atom. The molecule has 0 aliphatic rings. The lowest BCUT2D eigenvalue weighted by Gasteiger charge is -2.33. The van der Waals surface area contributed by atoms with E-state index >= 15 is 0 Å². The van der Waals surface area contributed by atoms with E-state index in [9.17, 15) is 49.1 Å². The molecule has 0 aliphatic heterocycles. The summed E-state index contributed by atoms with van der Waals surface area (Å²) in [5, 5.41) is 8.21. The minimum atomic E-state index is -6.90. The van der Waals surface area contributed by atoms with Crippen molar-refractivity contribution in [1.29, 1.82) is 0 Å². The molecule has 154 valence electrons. The van der Waals surface area contributed by atoms with Gasteiger partial charge in [-0.1, -0.05) is 0 Å². The first-order chi connectivity index (χ1) is 11.6. The van der Waals surface area contributed by atoms with E-state index in [-0.39, 0.29) is 17.9 Å². The van der Waals surface area contributed by atoms with Crippen molar-refractivity contribution in [1.82, 2.24) is 0 Å². The Balaban J connectivity index is 4.37. The molecule has 26 heavy (non-hydrogen) atoms. The Morgan fingerprint density at radius 2 is 1.42 bits per heavy atom. The number of carboxylic acid groups (broad SMARTS) is 1. The monoisotopic (exact) mass is 424 g/mol. The van der Waals surface area contributed by atoms with Crippen LogP contribution in [0.25, 0.3) is 0 Å². The van der Waals surface area contributed by atoms with Gasteiger partial charge in [0.25, 0.3) is 0 Å². The molecule has 0 saturated heterocycles. The van der Waals surface area contributed by atoms with Crippen LogP contribution in [0.5, 0.6) is 0 Å². The lowest BCUT2D eigenvalue weighted by molar-refractivity contribution is -0.396. The zero-order chi connectivity index (χ0) is 20.8. The van der Waals surface area contributed by atoms with Crippen LogP contribution in [0.4, 0.5) is 39.5 Å². The Labute approximate surface area is 145 Å². The predicted molar refractivity (Wildman–Crippen MR) is 70.7 cm³/mol. The second-order valence-corrected chi connectivity index (χ2v) is 6.10. The van der Waals surface area contributed by atoms with Gasteiger partial charge in [0.15, 0.2) is 6.61 Å². The van der Waals surface area contributed by atoms with Gasteiger partial charge >= 0.3 is 35.9 Å². The smallest absolute Gasteiger partial charge is 0.460 e. The van der Waals surface area contributed by atoms with Crippen molar-refractivity contribution in [3.05, 3.63) is 0 Å². The molecular weight excluding hydrogens is 411 g/mol. The highest BCUT2D eigenvalue weighted by atomic mass is 32.2. The fraction of sp³-hybridized carbons (Fsp3) is 0.833. The van der Waals surface area contributed by atoms with Gasteiger partial charge in [0.05, 0.1) is 6.42 Å². The first-order valence-corrected chi connectivity index (χ1v) is 7.87. The van der Waals surface area contributed by atoms with Gasteiger partial charge in [-0.3, -0.25) is 4.79 Å². The number of hydrogen-bond acceptors (Lipinski definition) is 4. The summed E-state index contributed by atoms with van der Waals surface area (Å²) < 4.78 is 117. The molecule has 0 saturated carbocycles. The van der Waals surface area contributed by atoms with Crippen molar-refractivity contribution >= 4 is 23.7 Å². The number of alkyl halides is 9. The molecular formula is C12H13F9O4S. The lowest BCUT2D eigenvalue weighted by Crippen LogP contribution is -2.60. The number of carbonyl (C=O) groups is 2. The van der Waals surface area contributed by atoms with Gasteiger partial charge in [-0.05, 0) is 12.2 Å². The molecule has 0 unspecified atom stereocenters. The van der Waals surface area contributed by atoms with Crippen LogP contribution in [0.15, 0.2) is 0 Å². The second-order valence-electron chi connectivity index (χ2n) is 4.87. The number of carbonyl (C=O) groups excluding carboxylic acids is 1. The maximum absolute atomic E-state index is 13.2. The van der Waals surface area contributed by atoms with Crippen LogP contribution in [0.3, 0.4) is 0 Å². The SMILES string of the molecule is O=C(O)COC(=O)CCSCCCC(F)(F)C(F)(F)C(F)(F)C(F)(F)F.